The molecule has 0 unspecified atom stereocenters. The van der Waals surface area contributed by atoms with Gasteiger partial charge in [-0.25, -0.2) is 0 Å². The number of hydrogen-bond donors (Lipinski definition) is 0. The Morgan fingerprint density at radius 1 is 0.310 bits per heavy atom. The molecule has 3 heterocycles. The van der Waals surface area contributed by atoms with Crippen molar-refractivity contribution < 1.29 is 0 Å². The van der Waals surface area contributed by atoms with E-state index in [4.69, 9.17) is 0 Å². The predicted octanol–water partition coefficient (Wildman–Crippen LogP) is 19.8. The van der Waals surface area contributed by atoms with Crippen LogP contribution in [0.15, 0.2) is 261 Å². The topological polar surface area (TPSA) is 11.4 Å². The molecule has 0 N–H and O–H groups in total. The summed E-state index contributed by atoms with van der Waals surface area (Å²) in [5.41, 5.74) is 14.9. The van der Waals surface area contributed by atoms with Gasteiger partial charge in [-0.05, 0) is 114 Å². The molecule has 0 saturated carbocycles. The zero-order valence-electron chi connectivity index (χ0n) is 38.5. The molecule has 3 aromatic heterocycles. The van der Waals surface area contributed by atoms with Crippen molar-refractivity contribution in [3.05, 3.63) is 261 Å². The second-order valence-electron chi connectivity index (χ2n) is 18.0. The fourth-order valence-corrected chi connectivity index (χ4v) is 13.4. The highest BCUT2D eigenvalue weighted by Gasteiger charge is 2.26. The zero-order valence-corrected chi connectivity index (χ0v) is 40.1. The van der Waals surface area contributed by atoms with Crippen molar-refractivity contribution >= 4 is 119 Å². The Morgan fingerprint density at radius 2 is 0.859 bits per heavy atom. The van der Waals surface area contributed by atoms with Gasteiger partial charge in [-0.15, -0.1) is 22.7 Å². The maximum atomic E-state index is 2.50. The van der Waals surface area contributed by atoms with E-state index >= 15 is 0 Å². The van der Waals surface area contributed by atoms with E-state index in [-0.39, 0.29) is 0 Å². The molecule has 0 aliphatic rings. The summed E-state index contributed by atoms with van der Waals surface area (Å²) in [6, 6.07) is 95.4. The Hall–Kier alpha value is -8.74. The lowest BCUT2D eigenvalue weighted by atomic mass is 9.96. The van der Waals surface area contributed by atoms with Crippen LogP contribution in [0, 0.1) is 0 Å². The van der Waals surface area contributed by atoms with Crippen LogP contribution in [-0.2, 0) is 0 Å². The van der Waals surface area contributed by atoms with Crippen molar-refractivity contribution in [1.82, 2.24) is 4.57 Å². The quantitative estimate of drug-likeness (QED) is 0.143. The Bertz CT molecular complexity index is 4230. The summed E-state index contributed by atoms with van der Waals surface area (Å²) < 4.78 is 7.57. The molecule has 334 valence electrons. The van der Waals surface area contributed by atoms with Gasteiger partial charge in [0.25, 0.3) is 0 Å². The third kappa shape index (κ3) is 6.85. The van der Waals surface area contributed by atoms with Crippen LogP contribution in [0.3, 0.4) is 0 Å². The van der Waals surface area contributed by atoms with E-state index in [9.17, 15) is 0 Å². The average Bonchev–Trinajstić information content (AvgIpc) is 4.13. The summed E-state index contributed by atoms with van der Waals surface area (Å²) in [5.74, 6) is 0. The summed E-state index contributed by atoms with van der Waals surface area (Å²) in [5, 5.41) is 7.48. The van der Waals surface area contributed by atoms with Crippen molar-refractivity contribution in [2.45, 2.75) is 0 Å². The van der Waals surface area contributed by atoms with E-state index in [0.717, 1.165) is 45.4 Å². The van der Waals surface area contributed by atoms with E-state index in [0.29, 0.717) is 0 Å². The third-order valence-electron chi connectivity index (χ3n) is 13.9. The van der Waals surface area contributed by atoms with Crippen molar-refractivity contribution in [3.63, 3.8) is 0 Å². The number of hydrogen-bond acceptors (Lipinski definition) is 4. The molecular formula is C66H43N3S2. The maximum absolute atomic E-state index is 2.50. The van der Waals surface area contributed by atoms with Gasteiger partial charge in [-0.3, -0.25) is 0 Å². The van der Waals surface area contributed by atoms with E-state index in [1.54, 1.807) is 0 Å². The predicted molar refractivity (Wildman–Crippen MR) is 307 cm³/mol. The minimum Gasteiger partial charge on any atom is -0.310 e. The minimum atomic E-state index is 1.06. The number of aromatic nitrogens is 1. The first-order chi connectivity index (χ1) is 35.2. The normalized spacial score (nSPS) is 11.7. The number of rotatable bonds is 9. The highest BCUT2D eigenvalue weighted by atomic mass is 32.1. The molecule has 14 aromatic rings. The summed E-state index contributed by atoms with van der Waals surface area (Å²) in [4.78, 5) is 4.89. The van der Waals surface area contributed by atoms with Crippen molar-refractivity contribution in [1.29, 1.82) is 0 Å². The van der Waals surface area contributed by atoms with Crippen LogP contribution in [-0.4, -0.2) is 4.57 Å². The standard InChI is InChI=1S/C66H43N3S2/c1-6-22-44(23-7-1)52-34-20-35-55-63-64-57(53-32-16-18-36-58(53)69(64)49-30-14-5-15-31-49)43-56(66(63)71-65(52)55)45-40-50(67(46-24-8-2-9-25-46)47-26-10-3-11-27-47)42-51(41-45)68(48-28-12-4-13-29-48)59-37-21-39-61-62(59)54-33-17-19-38-60(54)70-61/h1-43H. The smallest absolute Gasteiger partial charge is 0.0634 e. The van der Waals surface area contributed by atoms with E-state index in [1.165, 1.54) is 78.8 Å². The highest BCUT2D eigenvalue weighted by Crippen LogP contribution is 2.52. The molecule has 0 saturated heterocycles. The van der Waals surface area contributed by atoms with Crippen LogP contribution in [0.25, 0.3) is 90.1 Å². The molecule has 0 amide bonds. The first kappa shape index (κ1) is 41.3. The molecule has 0 atom stereocenters. The number of benzene rings is 11. The number of anilines is 6. The average molecular weight is 942 g/mol. The summed E-state index contributed by atoms with van der Waals surface area (Å²) in [6.45, 7) is 0. The maximum Gasteiger partial charge on any atom is 0.0634 e. The monoisotopic (exact) mass is 941 g/mol. The van der Waals surface area contributed by atoms with Crippen molar-refractivity contribution in [2.75, 3.05) is 9.80 Å². The molecule has 0 fully saturated rings. The van der Waals surface area contributed by atoms with Crippen molar-refractivity contribution in [3.8, 4) is 27.9 Å². The molecule has 0 aliphatic heterocycles. The van der Waals surface area contributed by atoms with Crippen LogP contribution < -0.4 is 9.80 Å². The van der Waals surface area contributed by atoms with Gasteiger partial charge in [0.1, 0.15) is 0 Å². The van der Waals surface area contributed by atoms with Gasteiger partial charge in [0, 0.05) is 90.8 Å². The first-order valence-electron chi connectivity index (χ1n) is 24.1. The molecule has 0 bridgehead atoms. The van der Waals surface area contributed by atoms with Gasteiger partial charge in [0.05, 0.1) is 16.7 Å². The molecule has 14 rings (SSSR count). The molecule has 0 radical (unpaired) electrons. The third-order valence-corrected chi connectivity index (χ3v) is 16.3. The van der Waals surface area contributed by atoms with Crippen LogP contribution in [0.1, 0.15) is 0 Å². The number of para-hydroxylation sites is 5. The molecule has 71 heavy (non-hydrogen) atoms. The van der Waals surface area contributed by atoms with Gasteiger partial charge in [0.2, 0.25) is 0 Å². The lowest BCUT2D eigenvalue weighted by Gasteiger charge is -2.31. The summed E-state index contributed by atoms with van der Waals surface area (Å²) in [6.07, 6.45) is 0. The zero-order chi connectivity index (χ0) is 46.8. The Morgan fingerprint density at radius 3 is 1.56 bits per heavy atom. The van der Waals surface area contributed by atoms with E-state index in [2.05, 4.69) is 275 Å². The summed E-state index contributed by atoms with van der Waals surface area (Å²) >= 11 is 3.77. The molecule has 11 aromatic carbocycles. The van der Waals surface area contributed by atoms with E-state index < -0.39 is 0 Å². The minimum absolute atomic E-state index is 1.06. The lowest BCUT2D eigenvalue weighted by molar-refractivity contribution is 1.19. The fraction of sp³-hybridized carbons (Fsp3) is 0. The Balaban J connectivity index is 1.14. The number of fused-ring (bicyclic) bond motifs is 10. The second kappa shape index (κ2) is 17.0. The lowest BCUT2D eigenvalue weighted by Crippen LogP contribution is -2.13. The largest absolute Gasteiger partial charge is 0.310 e. The Labute approximate surface area is 419 Å². The number of thiophene rings is 2. The second-order valence-corrected chi connectivity index (χ2v) is 20.1. The first-order valence-corrected chi connectivity index (χ1v) is 25.7. The van der Waals surface area contributed by atoms with Crippen LogP contribution in [0.5, 0.6) is 0 Å². The van der Waals surface area contributed by atoms with Crippen molar-refractivity contribution in [2.24, 2.45) is 0 Å². The van der Waals surface area contributed by atoms with Crippen LogP contribution in [0.2, 0.25) is 0 Å². The van der Waals surface area contributed by atoms with E-state index in [1.807, 2.05) is 22.7 Å². The van der Waals surface area contributed by atoms with Crippen LogP contribution in [0.4, 0.5) is 34.1 Å². The molecular weight excluding hydrogens is 899 g/mol. The van der Waals surface area contributed by atoms with Gasteiger partial charge in [0.15, 0.2) is 0 Å². The molecule has 3 nitrogen and oxygen atoms in total. The van der Waals surface area contributed by atoms with Gasteiger partial charge < -0.3 is 14.4 Å². The van der Waals surface area contributed by atoms with Crippen LogP contribution >= 0.6 is 22.7 Å². The van der Waals surface area contributed by atoms with Gasteiger partial charge >= 0.3 is 0 Å². The van der Waals surface area contributed by atoms with Gasteiger partial charge in [-0.2, -0.15) is 0 Å². The SMILES string of the molecule is c1ccc(-c2cccc3c2sc2c(-c4cc(N(c5ccccc5)c5ccccc5)cc(N(c5ccccc5)c5cccc6sc7ccccc7c56)c4)cc4c5ccccc5n(-c5ccccc5)c4c23)cc1. The number of nitrogens with zero attached hydrogens (tertiary/aromatic N) is 3. The summed E-state index contributed by atoms with van der Waals surface area (Å²) in [7, 11) is 0. The molecule has 5 heteroatoms. The fourth-order valence-electron chi connectivity index (χ4n) is 10.9. The molecule has 0 spiro atoms. The Kier molecular flexibility index (Phi) is 9.90. The molecule has 0 aliphatic carbocycles. The van der Waals surface area contributed by atoms with Gasteiger partial charge in [-0.1, -0.05) is 164 Å². The highest BCUT2D eigenvalue weighted by molar-refractivity contribution is 7.27.